The molecule has 0 bridgehead atoms. The van der Waals surface area contributed by atoms with Gasteiger partial charge in [0.1, 0.15) is 0 Å². The van der Waals surface area contributed by atoms with Crippen molar-refractivity contribution in [3.8, 4) is 0 Å². The van der Waals surface area contributed by atoms with Gasteiger partial charge in [0, 0.05) is 0 Å². The van der Waals surface area contributed by atoms with E-state index in [1.807, 2.05) is 0 Å². The lowest BCUT2D eigenvalue weighted by molar-refractivity contribution is 0.224. The van der Waals surface area contributed by atoms with Gasteiger partial charge in [-0.25, -0.2) is 0 Å². The van der Waals surface area contributed by atoms with Gasteiger partial charge in [0.05, 0.1) is 12.7 Å². The molecule has 1 aliphatic heterocycles. The molecular weight excluding hydrogens is 184 g/mol. The molecule has 0 aromatic rings. The highest BCUT2D eigenvalue weighted by Gasteiger charge is 2.16. The van der Waals surface area contributed by atoms with Crippen LogP contribution in [0.25, 0.3) is 0 Å². The Bertz CT molecular complexity index is 113. The van der Waals surface area contributed by atoms with Gasteiger partial charge in [0.15, 0.2) is 12.3 Å². The highest BCUT2D eigenvalue weighted by atomic mass is 32.2. The van der Waals surface area contributed by atoms with Gasteiger partial charge in [0.2, 0.25) is 0 Å². The van der Waals surface area contributed by atoms with Gasteiger partial charge in [-0.1, -0.05) is 45.4 Å². The molecule has 1 atom stereocenters. The SMILES string of the molecule is CCCCCCCCC1COSO1. The zero-order valence-corrected chi connectivity index (χ0v) is 9.28. The van der Waals surface area contributed by atoms with Gasteiger partial charge in [-0.3, -0.25) is 8.37 Å². The maximum absolute atomic E-state index is 5.28. The third-order valence-corrected chi connectivity index (χ3v) is 2.94. The summed E-state index contributed by atoms with van der Waals surface area (Å²) in [5, 5.41) is 0. The molecule has 1 unspecified atom stereocenters. The molecule has 0 aromatic carbocycles. The molecule has 0 amide bonds. The molecule has 1 heterocycles. The first kappa shape index (κ1) is 11.3. The first-order valence-electron chi connectivity index (χ1n) is 5.38. The lowest BCUT2D eigenvalue weighted by Crippen LogP contribution is -2.07. The molecule has 0 spiro atoms. The van der Waals surface area contributed by atoms with E-state index in [-0.39, 0.29) is 0 Å². The minimum absolute atomic E-state index is 0.358. The summed E-state index contributed by atoms with van der Waals surface area (Å²) in [4.78, 5) is 0. The van der Waals surface area contributed by atoms with Crippen molar-refractivity contribution in [2.75, 3.05) is 6.61 Å². The normalized spacial score (nSPS) is 22.4. The predicted molar refractivity (Wildman–Crippen MR) is 56.4 cm³/mol. The predicted octanol–water partition coefficient (Wildman–Crippen LogP) is 3.72. The largest absolute Gasteiger partial charge is 0.289 e. The third-order valence-electron chi connectivity index (χ3n) is 2.36. The van der Waals surface area contributed by atoms with Crippen LogP contribution >= 0.6 is 12.3 Å². The smallest absolute Gasteiger partial charge is 0.159 e. The van der Waals surface area contributed by atoms with Gasteiger partial charge in [-0.05, 0) is 6.42 Å². The summed E-state index contributed by atoms with van der Waals surface area (Å²) >= 11 is 1.15. The molecule has 0 N–H and O–H groups in total. The van der Waals surface area contributed by atoms with Crippen molar-refractivity contribution in [3.63, 3.8) is 0 Å². The Labute approximate surface area is 85.8 Å². The first-order valence-corrected chi connectivity index (χ1v) is 6.05. The standard InChI is InChI=1S/C10H20O2S/c1-2-3-4-5-6-7-8-10-9-11-13-12-10/h10H,2-9H2,1H3. The molecule has 2 nitrogen and oxygen atoms in total. The Morgan fingerprint density at radius 1 is 1.15 bits per heavy atom. The minimum Gasteiger partial charge on any atom is -0.289 e. The molecule has 1 aliphatic rings. The summed E-state index contributed by atoms with van der Waals surface area (Å²) in [6, 6.07) is 0. The van der Waals surface area contributed by atoms with Crippen molar-refractivity contribution in [2.24, 2.45) is 0 Å². The lowest BCUT2D eigenvalue weighted by atomic mass is 10.1. The molecular formula is C10H20O2S. The number of hydrogen-bond acceptors (Lipinski definition) is 3. The lowest BCUT2D eigenvalue weighted by Gasteiger charge is -2.04. The Kier molecular flexibility index (Phi) is 6.68. The van der Waals surface area contributed by atoms with E-state index in [9.17, 15) is 0 Å². The van der Waals surface area contributed by atoms with Crippen molar-refractivity contribution in [1.29, 1.82) is 0 Å². The van der Waals surface area contributed by atoms with Crippen LogP contribution in [0.1, 0.15) is 51.9 Å². The fourth-order valence-corrected chi connectivity index (χ4v) is 2.02. The Morgan fingerprint density at radius 2 is 1.92 bits per heavy atom. The van der Waals surface area contributed by atoms with Gasteiger partial charge in [0.25, 0.3) is 0 Å². The third kappa shape index (κ3) is 5.55. The molecule has 13 heavy (non-hydrogen) atoms. The molecule has 0 aromatic heterocycles. The monoisotopic (exact) mass is 204 g/mol. The molecule has 0 radical (unpaired) electrons. The van der Waals surface area contributed by atoms with Crippen LogP contribution in [0.5, 0.6) is 0 Å². The number of hydrogen-bond donors (Lipinski definition) is 0. The zero-order chi connectivity index (χ0) is 9.36. The van der Waals surface area contributed by atoms with Gasteiger partial charge < -0.3 is 0 Å². The molecule has 1 saturated heterocycles. The van der Waals surface area contributed by atoms with E-state index in [0.717, 1.165) is 18.9 Å². The molecule has 78 valence electrons. The highest BCUT2D eigenvalue weighted by Crippen LogP contribution is 2.22. The summed E-state index contributed by atoms with van der Waals surface area (Å²) in [6.45, 7) is 3.03. The highest BCUT2D eigenvalue weighted by molar-refractivity contribution is 7.90. The first-order chi connectivity index (χ1) is 6.43. The minimum atomic E-state index is 0.358. The van der Waals surface area contributed by atoms with Crippen molar-refractivity contribution in [2.45, 2.75) is 58.0 Å². The second kappa shape index (κ2) is 7.65. The van der Waals surface area contributed by atoms with Crippen molar-refractivity contribution >= 4 is 12.3 Å². The van der Waals surface area contributed by atoms with Crippen LogP contribution in [0.15, 0.2) is 0 Å². The summed E-state index contributed by atoms with van der Waals surface area (Å²) in [5.74, 6) is 0. The van der Waals surface area contributed by atoms with E-state index in [1.165, 1.54) is 44.9 Å². The maximum Gasteiger partial charge on any atom is 0.159 e. The topological polar surface area (TPSA) is 18.5 Å². The van der Waals surface area contributed by atoms with Crippen LogP contribution < -0.4 is 0 Å². The van der Waals surface area contributed by atoms with Crippen molar-refractivity contribution in [3.05, 3.63) is 0 Å². The Morgan fingerprint density at radius 3 is 2.62 bits per heavy atom. The molecule has 1 rings (SSSR count). The van der Waals surface area contributed by atoms with E-state index in [0.29, 0.717) is 6.10 Å². The van der Waals surface area contributed by atoms with Gasteiger partial charge in [-0.2, -0.15) is 0 Å². The average molecular weight is 204 g/mol. The van der Waals surface area contributed by atoms with E-state index >= 15 is 0 Å². The molecule has 0 aliphatic carbocycles. The Hall–Kier alpha value is 0.270. The van der Waals surface area contributed by atoms with Gasteiger partial charge >= 0.3 is 0 Å². The van der Waals surface area contributed by atoms with E-state index in [1.54, 1.807) is 0 Å². The molecule has 0 saturated carbocycles. The molecule has 1 fully saturated rings. The summed E-state index contributed by atoms with van der Waals surface area (Å²) < 4.78 is 10.3. The van der Waals surface area contributed by atoms with E-state index in [2.05, 4.69) is 6.92 Å². The second-order valence-electron chi connectivity index (χ2n) is 3.63. The number of unbranched alkanes of at least 4 members (excludes halogenated alkanes) is 5. The van der Waals surface area contributed by atoms with Crippen molar-refractivity contribution < 1.29 is 8.37 Å². The average Bonchev–Trinajstić information content (AvgIpc) is 2.63. The van der Waals surface area contributed by atoms with Crippen LogP contribution in [-0.4, -0.2) is 12.7 Å². The van der Waals surface area contributed by atoms with Crippen LogP contribution in [-0.2, 0) is 8.37 Å². The van der Waals surface area contributed by atoms with Crippen LogP contribution in [0.3, 0.4) is 0 Å². The second-order valence-corrected chi connectivity index (χ2v) is 4.19. The number of rotatable bonds is 7. The quantitative estimate of drug-likeness (QED) is 0.465. The van der Waals surface area contributed by atoms with E-state index in [4.69, 9.17) is 8.37 Å². The molecule has 3 heteroatoms. The fourth-order valence-electron chi connectivity index (χ4n) is 1.50. The van der Waals surface area contributed by atoms with E-state index < -0.39 is 0 Å². The maximum atomic E-state index is 5.28. The van der Waals surface area contributed by atoms with Crippen LogP contribution in [0.4, 0.5) is 0 Å². The van der Waals surface area contributed by atoms with Crippen molar-refractivity contribution in [1.82, 2.24) is 0 Å². The summed E-state index contributed by atoms with van der Waals surface area (Å²) in [7, 11) is 0. The summed E-state index contributed by atoms with van der Waals surface area (Å²) in [6.07, 6.45) is 9.66. The zero-order valence-electron chi connectivity index (χ0n) is 8.46. The van der Waals surface area contributed by atoms with Crippen LogP contribution in [0.2, 0.25) is 0 Å². The van der Waals surface area contributed by atoms with Gasteiger partial charge in [-0.15, -0.1) is 0 Å². The van der Waals surface area contributed by atoms with Crippen LogP contribution in [0, 0.1) is 0 Å². The summed E-state index contributed by atoms with van der Waals surface area (Å²) in [5.41, 5.74) is 0. The fraction of sp³-hybridized carbons (Fsp3) is 1.00. The Balaban J connectivity index is 1.78.